The van der Waals surface area contributed by atoms with E-state index < -0.39 is 6.36 Å². The number of rotatable bonds is 5. The summed E-state index contributed by atoms with van der Waals surface area (Å²) in [5.41, 5.74) is 11.8. The van der Waals surface area contributed by atoms with Crippen LogP contribution in [0, 0.1) is 0 Å². The van der Waals surface area contributed by atoms with Crippen LogP contribution in [0.25, 0.3) is 0 Å². The van der Waals surface area contributed by atoms with E-state index in [2.05, 4.69) is 20.7 Å². The molecular weight excluding hydrogens is 348 g/mol. The Morgan fingerprint density at radius 2 is 1.89 bits per heavy atom. The molecule has 0 fully saturated rings. The highest BCUT2D eigenvalue weighted by molar-refractivity contribution is 9.10. The van der Waals surface area contributed by atoms with E-state index in [-0.39, 0.29) is 24.2 Å². The first-order chi connectivity index (χ1) is 8.31. The highest BCUT2D eigenvalue weighted by atomic mass is 79.9. The number of hydrogen-bond acceptors (Lipinski definition) is 3. The minimum Gasteiger partial charge on any atom is -0.406 e. The van der Waals surface area contributed by atoms with Gasteiger partial charge in [-0.3, -0.25) is 0 Å². The Hall–Kier alpha value is -0.500. The van der Waals surface area contributed by atoms with E-state index in [4.69, 9.17) is 11.5 Å². The summed E-state index contributed by atoms with van der Waals surface area (Å²) in [6, 6.07) is 3.85. The Labute approximate surface area is 124 Å². The molecule has 1 aromatic rings. The van der Waals surface area contributed by atoms with Crippen molar-refractivity contribution in [2.45, 2.75) is 25.2 Å². The standard InChI is InChI=1S/C11H14BrF3N2O.ClH/c12-8-4-7(10(17)2-1-3-16)5-9(6-8)18-11(13,14)15;/h4-6,10H,1-3,16-17H2;1H/t10-;/m1./s1. The van der Waals surface area contributed by atoms with Gasteiger partial charge in [-0.25, -0.2) is 0 Å². The van der Waals surface area contributed by atoms with Crippen molar-refractivity contribution in [1.29, 1.82) is 0 Å². The fourth-order valence-corrected chi connectivity index (χ4v) is 1.99. The predicted octanol–water partition coefficient (Wildman–Crippen LogP) is 3.51. The average molecular weight is 364 g/mol. The van der Waals surface area contributed by atoms with Gasteiger partial charge < -0.3 is 16.2 Å². The van der Waals surface area contributed by atoms with E-state index in [9.17, 15) is 13.2 Å². The molecule has 1 atom stereocenters. The van der Waals surface area contributed by atoms with E-state index in [0.29, 0.717) is 29.4 Å². The molecule has 3 nitrogen and oxygen atoms in total. The molecule has 0 aliphatic rings. The van der Waals surface area contributed by atoms with Gasteiger partial charge in [0.1, 0.15) is 5.75 Å². The van der Waals surface area contributed by atoms with Gasteiger partial charge in [0, 0.05) is 10.5 Å². The number of nitrogens with two attached hydrogens (primary N) is 2. The third-order valence-corrected chi connectivity index (χ3v) is 2.73. The summed E-state index contributed by atoms with van der Waals surface area (Å²) in [7, 11) is 0. The molecule has 0 saturated heterocycles. The number of benzene rings is 1. The maximum Gasteiger partial charge on any atom is 0.573 e. The topological polar surface area (TPSA) is 61.3 Å². The first-order valence-electron chi connectivity index (χ1n) is 5.33. The average Bonchev–Trinajstić information content (AvgIpc) is 2.22. The summed E-state index contributed by atoms with van der Waals surface area (Å²) in [5.74, 6) is -0.282. The molecule has 0 bridgehead atoms. The van der Waals surface area contributed by atoms with Crippen LogP contribution in [0.15, 0.2) is 22.7 Å². The van der Waals surface area contributed by atoms with Crippen molar-refractivity contribution < 1.29 is 17.9 Å². The lowest BCUT2D eigenvalue weighted by Gasteiger charge is -2.15. The lowest BCUT2D eigenvalue weighted by molar-refractivity contribution is -0.274. The van der Waals surface area contributed by atoms with E-state index in [1.807, 2.05) is 0 Å². The van der Waals surface area contributed by atoms with Gasteiger partial charge in [0.05, 0.1) is 0 Å². The molecule has 0 heterocycles. The fraction of sp³-hybridized carbons (Fsp3) is 0.455. The minimum absolute atomic E-state index is 0. The summed E-state index contributed by atoms with van der Waals surface area (Å²) >= 11 is 3.13. The van der Waals surface area contributed by atoms with E-state index in [1.165, 1.54) is 12.1 Å². The van der Waals surface area contributed by atoms with Crippen LogP contribution in [0.5, 0.6) is 5.75 Å². The summed E-state index contributed by atoms with van der Waals surface area (Å²) in [4.78, 5) is 0. The number of alkyl halides is 3. The van der Waals surface area contributed by atoms with Crippen molar-refractivity contribution in [1.82, 2.24) is 0 Å². The van der Waals surface area contributed by atoms with Crippen LogP contribution in [0.4, 0.5) is 13.2 Å². The molecule has 0 spiro atoms. The van der Waals surface area contributed by atoms with E-state index in [0.717, 1.165) is 0 Å². The monoisotopic (exact) mass is 362 g/mol. The van der Waals surface area contributed by atoms with Gasteiger partial charge >= 0.3 is 6.36 Å². The Balaban J connectivity index is 0.00000324. The molecule has 1 aromatic carbocycles. The minimum atomic E-state index is -4.71. The van der Waals surface area contributed by atoms with Gasteiger partial charge in [-0.15, -0.1) is 25.6 Å². The summed E-state index contributed by atoms with van der Waals surface area (Å²) in [6.07, 6.45) is -3.39. The maximum atomic E-state index is 12.1. The Morgan fingerprint density at radius 3 is 2.42 bits per heavy atom. The first-order valence-corrected chi connectivity index (χ1v) is 6.13. The zero-order valence-corrected chi connectivity index (χ0v) is 12.3. The third-order valence-electron chi connectivity index (χ3n) is 2.27. The molecule has 0 aromatic heterocycles. The lowest BCUT2D eigenvalue weighted by atomic mass is 10.0. The maximum absolute atomic E-state index is 12.1. The number of halogens is 5. The molecule has 19 heavy (non-hydrogen) atoms. The van der Waals surface area contributed by atoms with Gasteiger partial charge in [0.15, 0.2) is 0 Å². The van der Waals surface area contributed by atoms with E-state index in [1.54, 1.807) is 6.07 Å². The van der Waals surface area contributed by atoms with Gasteiger partial charge in [-0.1, -0.05) is 15.9 Å². The largest absolute Gasteiger partial charge is 0.573 e. The van der Waals surface area contributed by atoms with Crippen LogP contribution in [0.2, 0.25) is 0 Å². The molecule has 8 heteroatoms. The van der Waals surface area contributed by atoms with Crippen molar-refractivity contribution in [3.8, 4) is 5.75 Å². The molecule has 0 aliphatic heterocycles. The second kappa shape index (κ2) is 7.94. The smallest absolute Gasteiger partial charge is 0.406 e. The lowest BCUT2D eigenvalue weighted by Crippen LogP contribution is -2.18. The highest BCUT2D eigenvalue weighted by Gasteiger charge is 2.31. The summed E-state index contributed by atoms with van der Waals surface area (Å²) < 4.78 is 40.7. The fourth-order valence-electron chi connectivity index (χ4n) is 1.50. The van der Waals surface area contributed by atoms with Crippen LogP contribution in [0.3, 0.4) is 0 Å². The van der Waals surface area contributed by atoms with Crippen LogP contribution in [-0.4, -0.2) is 12.9 Å². The molecule has 110 valence electrons. The van der Waals surface area contributed by atoms with Gasteiger partial charge in [-0.05, 0) is 43.1 Å². The Kier molecular flexibility index (Phi) is 7.73. The van der Waals surface area contributed by atoms with Crippen molar-refractivity contribution in [2.75, 3.05) is 6.54 Å². The molecule has 1 rings (SSSR count). The van der Waals surface area contributed by atoms with E-state index >= 15 is 0 Å². The second-order valence-corrected chi connectivity index (χ2v) is 4.72. The summed E-state index contributed by atoms with van der Waals surface area (Å²) in [5, 5.41) is 0. The van der Waals surface area contributed by atoms with Gasteiger partial charge in [-0.2, -0.15) is 0 Å². The molecule has 0 saturated carbocycles. The molecule has 4 N–H and O–H groups in total. The molecule has 0 unspecified atom stereocenters. The molecule has 0 radical (unpaired) electrons. The second-order valence-electron chi connectivity index (χ2n) is 3.81. The third kappa shape index (κ3) is 7.00. The van der Waals surface area contributed by atoms with Crippen LogP contribution < -0.4 is 16.2 Å². The van der Waals surface area contributed by atoms with Crippen LogP contribution >= 0.6 is 28.3 Å². The van der Waals surface area contributed by atoms with Gasteiger partial charge in [0.25, 0.3) is 0 Å². The molecule has 0 amide bonds. The Morgan fingerprint density at radius 1 is 1.26 bits per heavy atom. The van der Waals surface area contributed by atoms with Crippen LogP contribution in [0.1, 0.15) is 24.4 Å². The zero-order chi connectivity index (χ0) is 13.8. The van der Waals surface area contributed by atoms with Crippen molar-refractivity contribution in [3.05, 3.63) is 28.2 Å². The predicted molar refractivity (Wildman–Crippen MR) is 73.3 cm³/mol. The Bertz CT molecular complexity index is 404. The molecule has 0 aliphatic carbocycles. The van der Waals surface area contributed by atoms with Gasteiger partial charge in [0.2, 0.25) is 0 Å². The number of ether oxygens (including phenoxy) is 1. The highest BCUT2D eigenvalue weighted by Crippen LogP contribution is 2.29. The SMILES string of the molecule is Cl.NCCC[C@@H](N)c1cc(Br)cc(OC(F)(F)F)c1. The molecular formula is C11H15BrClF3N2O. The first kappa shape index (κ1) is 18.5. The van der Waals surface area contributed by atoms with Crippen molar-refractivity contribution in [2.24, 2.45) is 11.5 Å². The van der Waals surface area contributed by atoms with Crippen LogP contribution in [-0.2, 0) is 0 Å². The summed E-state index contributed by atoms with van der Waals surface area (Å²) in [6.45, 7) is 0.494. The quantitative estimate of drug-likeness (QED) is 0.841. The number of hydrogen-bond donors (Lipinski definition) is 2. The normalized spacial score (nSPS) is 12.7. The zero-order valence-electron chi connectivity index (χ0n) is 9.91. The van der Waals surface area contributed by atoms with Crippen molar-refractivity contribution >= 4 is 28.3 Å². The van der Waals surface area contributed by atoms with Crippen molar-refractivity contribution in [3.63, 3.8) is 0 Å².